The molecule has 0 N–H and O–H groups in total. The van der Waals surface area contributed by atoms with E-state index in [2.05, 4.69) is 93.4 Å². The van der Waals surface area contributed by atoms with E-state index in [1.807, 2.05) is 48.7 Å². The topological polar surface area (TPSA) is 57.4 Å². The van der Waals surface area contributed by atoms with Crippen LogP contribution in [0, 0.1) is 18.7 Å². The Bertz CT molecular complexity index is 2690. The van der Waals surface area contributed by atoms with Gasteiger partial charge in [0.05, 0.1) is 13.5 Å². The van der Waals surface area contributed by atoms with E-state index < -0.39 is 0 Å². The second-order valence-corrected chi connectivity index (χ2v) is 14.4. The van der Waals surface area contributed by atoms with E-state index in [9.17, 15) is 0 Å². The number of hydrogen-bond acceptors (Lipinski definition) is 4. The Morgan fingerprint density at radius 2 is 1.50 bits per heavy atom. The first kappa shape index (κ1) is 32.0. The molecule has 4 aromatic heterocycles. The number of ether oxygens (including phenoxy) is 1. The summed E-state index contributed by atoms with van der Waals surface area (Å²) in [5, 5.41) is 3.60. The molecule has 0 spiro atoms. The zero-order chi connectivity index (χ0) is 34.9. The number of pyridine rings is 2. The molecule has 0 aliphatic carbocycles. The van der Waals surface area contributed by atoms with Crippen LogP contribution in [0.4, 0.5) is 5.69 Å². The molecule has 8 aromatic rings. The maximum Gasteiger partial charge on any atom is 2.00 e. The van der Waals surface area contributed by atoms with Crippen LogP contribution in [0.5, 0.6) is 11.5 Å². The molecule has 0 aliphatic rings. The Morgan fingerprint density at radius 1 is 0.780 bits per heavy atom. The molecule has 248 valence electrons. The van der Waals surface area contributed by atoms with E-state index in [1.165, 1.54) is 5.56 Å². The third kappa shape index (κ3) is 5.76. The van der Waals surface area contributed by atoms with Crippen LogP contribution >= 0.6 is 0 Å². The molecule has 8 rings (SSSR count). The van der Waals surface area contributed by atoms with Crippen molar-refractivity contribution in [3.8, 4) is 28.6 Å². The number of rotatable bonds is 4. The van der Waals surface area contributed by atoms with E-state index in [1.54, 1.807) is 12.3 Å². The van der Waals surface area contributed by atoms with Gasteiger partial charge in [-0.2, -0.15) is 6.07 Å². The summed E-state index contributed by atoms with van der Waals surface area (Å²) in [6, 6.07) is 33.0. The normalized spacial score (nSPS) is 12.3. The molecule has 4 aromatic carbocycles. The molecule has 50 heavy (non-hydrogen) atoms. The average molecular weight is 835 g/mol. The molecule has 0 bridgehead atoms. The van der Waals surface area contributed by atoms with Gasteiger partial charge in [0.25, 0.3) is 0 Å². The summed E-state index contributed by atoms with van der Waals surface area (Å²) in [6.45, 7) is 20.6. The Kier molecular flexibility index (Phi) is 7.85. The van der Waals surface area contributed by atoms with Gasteiger partial charge >= 0.3 is 21.1 Å². The fourth-order valence-corrected chi connectivity index (χ4v) is 6.34. The Labute approximate surface area is 307 Å². The van der Waals surface area contributed by atoms with Gasteiger partial charge in [-0.05, 0) is 63.3 Å². The Balaban J connectivity index is 0.00000406. The van der Waals surface area contributed by atoms with Crippen LogP contribution in [0.15, 0.2) is 102 Å². The van der Waals surface area contributed by atoms with Crippen molar-refractivity contribution in [2.24, 2.45) is 0 Å². The van der Waals surface area contributed by atoms with Gasteiger partial charge in [0.15, 0.2) is 5.69 Å². The van der Waals surface area contributed by atoms with Gasteiger partial charge in [-0.25, -0.2) is 9.83 Å². The molecule has 0 atom stereocenters. The van der Waals surface area contributed by atoms with Gasteiger partial charge in [0.2, 0.25) is 0 Å². The Morgan fingerprint density at radius 3 is 2.26 bits per heavy atom. The number of benzene rings is 4. The van der Waals surface area contributed by atoms with Crippen LogP contribution in [0.1, 0.15) is 54.0 Å². The summed E-state index contributed by atoms with van der Waals surface area (Å²) in [5.41, 5.74) is 6.42. The van der Waals surface area contributed by atoms with Crippen LogP contribution < -0.4 is 4.74 Å². The van der Waals surface area contributed by atoms with Crippen LogP contribution in [0.2, 0.25) is 0 Å². The molecular formula is C43H34N4O2Pt. The molecule has 0 amide bonds. The monoisotopic (exact) mass is 834 g/mol. The van der Waals surface area contributed by atoms with Crippen molar-refractivity contribution in [1.82, 2.24) is 14.5 Å². The maximum absolute atomic E-state index is 8.68. The number of furan rings is 1. The zero-order valence-corrected chi connectivity index (χ0v) is 30.9. The summed E-state index contributed by atoms with van der Waals surface area (Å²) < 4.78 is 23.8. The van der Waals surface area contributed by atoms with Crippen molar-refractivity contribution in [3.63, 3.8) is 0 Å². The summed E-state index contributed by atoms with van der Waals surface area (Å²) in [6.07, 6.45) is 3.66. The van der Waals surface area contributed by atoms with Gasteiger partial charge in [-0.15, -0.1) is 17.5 Å². The van der Waals surface area contributed by atoms with Crippen molar-refractivity contribution in [1.29, 1.82) is 0 Å². The third-order valence-corrected chi connectivity index (χ3v) is 9.00. The zero-order valence-electron chi connectivity index (χ0n) is 29.6. The number of para-hydroxylation sites is 1. The minimum absolute atomic E-state index is 0. The molecule has 0 aliphatic heterocycles. The van der Waals surface area contributed by atoms with Crippen molar-refractivity contribution in [2.45, 2.75) is 52.4 Å². The summed E-state index contributed by atoms with van der Waals surface area (Å²) in [5.74, 6) is 1.77. The summed E-state index contributed by atoms with van der Waals surface area (Å²) in [4.78, 5) is 13.0. The van der Waals surface area contributed by atoms with E-state index in [4.69, 9.17) is 27.1 Å². The molecule has 0 radical (unpaired) electrons. The van der Waals surface area contributed by atoms with Gasteiger partial charge in [0.1, 0.15) is 11.4 Å². The smallest absolute Gasteiger partial charge is 0.503 e. The average Bonchev–Trinajstić information content (AvgIpc) is 3.63. The van der Waals surface area contributed by atoms with Crippen LogP contribution in [0.25, 0.3) is 65.7 Å². The van der Waals surface area contributed by atoms with E-state index in [0.717, 1.165) is 38.6 Å². The van der Waals surface area contributed by atoms with Crippen LogP contribution in [-0.4, -0.2) is 14.5 Å². The minimum Gasteiger partial charge on any atom is -0.503 e. The molecular weight excluding hydrogens is 800 g/mol. The van der Waals surface area contributed by atoms with Crippen molar-refractivity contribution in [3.05, 3.63) is 132 Å². The van der Waals surface area contributed by atoms with Crippen molar-refractivity contribution < 1.29 is 31.6 Å². The predicted octanol–water partition coefficient (Wildman–Crippen LogP) is 11.7. The van der Waals surface area contributed by atoms with E-state index >= 15 is 0 Å². The third-order valence-electron chi connectivity index (χ3n) is 9.00. The van der Waals surface area contributed by atoms with Gasteiger partial charge in [0, 0.05) is 34.8 Å². The molecule has 0 unspecified atom stereocenters. The predicted molar refractivity (Wildman–Crippen MR) is 197 cm³/mol. The first-order valence-corrected chi connectivity index (χ1v) is 16.3. The first-order valence-electron chi connectivity index (χ1n) is 16.8. The first-order chi connectivity index (χ1) is 23.9. The number of nitrogens with zero attached hydrogens (tertiary/aromatic N) is 4. The molecule has 7 heteroatoms. The fraction of sp³-hybridized carbons (Fsp3) is 0.186. The number of hydrogen-bond donors (Lipinski definition) is 0. The van der Waals surface area contributed by atoms with Crippen molar-refractivity contribution in [2.75, 3.05) is 0 Å². The summed E-state index contributed by atoms with van der Waals surface area (Å²) >= 11 is 0. The van der Waals surface area contributed by atoms with E-state index in [-0.39, 0.29) is 43.6 Å². The molecule has 6 nitrogen and oxygen atoms in total. The van der Waals surface area contributed by atoms with Crippen LogP contribution in [-0.2, 0) is 31.9 Å². The van der Waals surface area contributed by atoms with Gasteiger partial charge in [-0.1, -0.05) is 107 Å². The number of aromatic nitrogens is 3. The SMILES string of the molecule is [2H]c1c([N+]#[C-])ccc2c1oc1c(-c3cc(C(C)(C)C)ccn3)[c-]c(Oc3[c-]c4c(cc3)c3ccccc3n4-c3cc(C(C)(C)C)ccn3)cc12.[Pt+2]. The quantitative estimate of drug-likeness (QED) is 0.166. The minimum atomic E-state index is -0.109. The molecule has 4 heterocycles. The molecule has 0 saturated heterocycles. The van der Waals surface area contributed by atoms with Crippen molar-refractivity contribution >= 4 is 49.4 Å². The summed E-state index contributed by atoms with van der Waals surface area (Å²) in [7, 11) is 0. The van der Waals surface area contributed by atoms with Gasteiger partial charge in [-0.3, -0.25) is 0 Å². The molecule has 0 fully saturated rings. The van der Waals surface area contributed by atoms with E-state index in [0.29, 0.717) is 39.3 Å². The maximum atomic E-state index is 8.68. The van der Waals surface area contributed by atoms with Crippen LogP contribution in [0.3, 0.4) is 0 Å². The number of fused-ring (bicyclic) bond motifs is 6. The Hall–Kier alpha value is -5.24. The molecule has 0 saturated carbocycles. The second-order valence-electron chi connectivity index (χ2n) is 14.4. The van der Waals surface area contributed by atoms with Gasteiger partial charge < -0.3 is 18.7 Å². The largest absolute Gasteiger partial charge is 2.00 e. The second kappa shape index (κ2) is 12.3. The standard InChI is InChI=1S/C43H34N4O2.Pt/c1-42(2,3)26-16-18-45-36(20-26)35-24-30(23-34-33-14-12-28(44-7)22-39(33)49-41(34)35)48-29-13-15-32-31-10-8-9-11-37(31)47(38(32)25-29)40-21-27(17-19-46-40)43(4,5)6;/h8-23H,1-6H3;/q-2;+2/i22D;. The fourth-order valence-electron chi connectivity index (χ4n) is 6.34.